The van der Waals surface area contributed by atoms with E-state index in [0.717, 1.165) is 15.2 Å². The molecule has 2 aromatic rings. The van der Waals surface area contributed by atoms with E-state index in [0.29, 0.717) is 11.6 Å². The fourth-order valence-electron chi connectivity index (χ4n) is 2.42. The molecule has 3 rings (SSSR count). The van der Waals surface area contributed by atoms with Crippen LogP contribution in [0.25, 0.3) is 10.2 Å². The lowest BCUT2D eigenvalue weighted by Gasteiger charge is -2.14. The van der Waals surface area contributed by atoms with Crippen LogP contribution in [0.15, 0.2) is 18.2 Å². The molecule has 2 heterocycles. The van der Waals surface area contributed by atoms with Crippen LogP contribution in [-0.4, -0.2) is 28.9 Å². The molecule has 0 saturated carbocycles. The Labute approximate surface area is 142 Å². The number of carbonyl (C=O) groups excluding carboxylic acids is 3. The van der Waals surface area contributed by atoms with Crippen molar-refractivity contribution in [1.29, 1.82) is 0 Å². The van der Waals surface area contributed by atoms with Crippen molar-refractivity contribution in [1.82, 2.24) is 15.6 Å². The molecule has 1 aromatic carbocycles. The summed E-state index contributed by atoms with van der Waals surface area (Å²) in [7, 11) is 0. The van der Waals surface area contributed by atoms with Gasteiger partial charge in [-0.05, 0) is 24.6 Å². The second-order valence-corrected chi connectivity index (χ2v) is 7.05. The summed E-state index contributed by atoms with van der Waals surface area (Å²) in [6.45, 7) is 4.18. The topological polar surface area (TPSA) is 100 Å². The molecule has 8 heteroatoms. The molecule has 0 aliphatic carbocycles. The zero-order valence-corrected chi connectivity index (χ0v) is 14.2. The van der Waals surface area contributed by atoms with E-state index in [1.807, 2.05) is 12.1 Å². The average molecular weight is 346 g/mol. The number of benzene rings is 1. The number of anilines is 1. The Kier molecular flexibility index (Phi) is 4.48. The third-order valence-electron chi connectivity index (χ3n) is 3.70. The summed E-state index contributed by atoms with van der Waals surface area (Å²) < 4.78 is 0.998. The first-order valence-corrected chi connectivity index (χ1v) is 8.55. The zero-order valence-electron chi connectivity index (χ0n) is 13.4. The lowest BCUT2D eigenvalue weighted by atomic mass is 10.1. The highest BCUT2D eigenvalue weighted by atomic mass is 32.1. The predicted octanol–water partition coefficient (Wildman–Crippen LogP) is 2.35. The van der Waals surface area contributed by atoms with Crippen LogP contribution in [0.5, 0.6) is 0 Å². The summed E-state index contributed by atoms with van der Waals surface area (Å²) >= 11 is 1.60. The second-order valence-electron chi connectivity index (χ2n) is 5.99. The number of aromatic nitrogens is 1. The molecule has 1 aromatic heterocycles. The van der Waals surface area contributed by atoms with Gasteiger partial charge < -0.3 is 10.6 Å². The van der Waals surface area contributed by atoms with Crippen molar-refractivity contribution < 1.29 is 14.4 Å². The molecule has 24 heavy (non-hydrogen) atoms. The summed E-state index contributed by atoms with van der Waals surface area (Å²) in [6.07, 6.45) is 0.395. The monoisotopic (exact) mass is 346 g/mol. The first kappa shape index (κ1) is 16.4. The van der Waals surface area contributed by atoms with Gasteiger partial charge in [-0.2, -0.15) is 0 Å². The molecule has 3 N–H and O–H groups in total. The van der Waals surface area contributed by atoms with Crippen molar-refractivity contribution in [3.05, 3.63) is 23.2 Å². The summed E-state index contributed by atoms with van der Waals surface area (Å²) in [5.41, 5.74) is 1.54. The van der Waals surface area contributed by atoms with Crippen molar-refractivity contribution in [3.63, 3.8) is 0 Å². The number of carbonyl (C=O) groups is 3. The van der Waals surface area contributed by atoms with Gasteiger partial charge in [0.1, 0.15) is 6.04 Å². The van der Waals surface area contributed by atoms with Crippen molar-refractivity contribution >= 4 is 45.1 Å². The number of urea groups is 1. The van der Waals surface area contributed by atoms with E-state index in [1.165, 1.54) is 0 Å². The fourth-order valence-corrected chi connectivity index (χ4v) is 3.43. The van der Waals surface area contributed by atoms with Crippen LogP contribution in [0.3, 0.4) is 0 Å². The standard InChI is InChI=1S/C16H18N4O3S/c1-8(2)15-18-10-4-3-9(7-12(10)24-15)17-14(22)11-5-6-13(21)20-16(23)19-11/h3-4,7-8,11H,5-6H2,1-2H3,(H,17,22)(H2,19,20,21,23). The molecule has 126 valence electrons. The lowest BCUT2D eigenvalue weighted by molar-refractivity contribution is -0.120. The molecule has 1 unspecified atom stereocenters. The maximum atomic E-state index is 12.3. The Balaban J connectivity index is 1.75. The maximum absolute atomic E-state index is 12.3. The number of nitrogens with zero attached hydrogens (tertiary/aromatic N) is 1. The van der Waals surface area contributed by atoms with E-state index in [9.17, 15) is 14.4 Å². The molecule has 0 bridgehead atoms. The Hall–Kier alpha value is -2.48. The minimum absolute atomic E-state index is 0.127. The van der Waals surface area contributed by atoms with Gasteiger partial charge in [0.2, 0.25) is 11.8 Å². The van der Waals surface area contributed by atoms with E-state index >= 15 is 0 Å². The number of imide groups is 1. The third kappa shape index (κ3) is 3.53. The van der Waals surface area contributed by atoms with Gasteiger partial charge in [0, 0.05) is 18.0 Å². The van der Waals surface area contributed by atoms with Gasteiger partial charge in [-0.15, -0.1) is 11.3 Å². The van der Waals surface area contributed by atoms with Gasteiger partial charge in [-0.25, -0.2) is 9.78 Å². The van der Waals surface area contributed by atoms with Gasteiger partial charge in [0.05, 0.1) is 15.2 Å². The van der Waals surface area contributed by atoms with Crippen LogP contribution in [-0.2, 0) is 9.59 Å². The fraction of sp³-hybridized carbons (Fsp3) is 0.375. The first-order valence-electron chi connectivity index (χ1n) is 7.74. The largest absolute Gasteiger partial charge is 0.326 e. The van der Waals surface area contributed by atoms with Crippen LogP contribution in [0.4, 0.5) is 10.5 Å². The van der Waals surface area contributed by atoms with Gasteiger partial charge in [-0.1, -0.05) is 13.8 Å². The molecule has 0 radical (unpaired) electrons. The summed E-state index contributed by atoms with van der Waals surface area (Å²) in [4.78, 5) is 39.7. The first-order chi connectivity index (χ1) is 11.4. The highest BCUT2D eigenvalue weighted by Crippen LogP contribution is 2.29. The minimum Gasteiger partial charge on any atom is -0.326 e. The maximum Gasteiger partial charge on any atom is 0.322 e. The third-order valence-corrected chi connectivity index (χ3v) is 5.02. The average Bonchev–Trinajstić information content (AvgIpc) is 2.86. The molecule has 1 aliphatic heterocycles. The Morgan fingerprint density at radius 1 is 1.38 bits per heavy atom. The minimum atomic E-state index is -0.736. The van der Waals surface area contributed by atoms with Gasteiger partial charge in [0.25, 0.3) is 0 Å². The number of thiazole rings is 1. The Morgan fingerprint density at radius 2 is 2.17 bits per heavy atom. The van der Waals surface area contributed by atoms with Crippen molar-refractivity contribution in [2.45, 2.75) is 38.6 Å². The van der Waals surface area contributed by atoms with E-state index in [-0.39, 0.29) is 24.7 Å². The van der Waals surface area contributed by atoms with Crippen molar-refractivity contribution in [3.8, 4) is 0 Å². The summed E-state index contributed by atoms with van der Waals surface area (Å²) in [6, 6.07) is 4.14. The molecule has 7 nitrogen and oxygen atoms in total. The smallest absolute Gasteiger partial charge is 0.322 e. The number of rotatable bonds is 3. The van der Waals surface area contributed by atoms with E-state index in [1.54, 1.807) is 17.4 Å². The lowest BCUT2D eigenvalue weighted by Crippen LogP contribution is -2.45. The highest BCUT2D eigenvalue weighted by molar-refractivity contribution is 7.18. The molecule has 1 aliphatic rings. The number of hydrogen-bond acceptors (Lipinski definition) is 5. The summed E-state index contributed by atoms with van der Waals surface area (Å²) in [5.74, 6) is -0.366. The molecular weight excluding hydrogens is 328 g/mol. The van der Waals surface area contributed by atoms with Gasteiger partial charge >= 0.3 is 6.03 Å². The second kappa shape index (κ2) is 6.56. The van der Waals surface area contributed by atoms with Crippen LogP contribution >= 0.6 is 11.3 Å². The van der Waals surface area contributed by atoms with E-state index in [4.69, 9.17) is 0 Å². The summed E-state index contributed by atoms with van der Waals surface area (Å²) in [5, 5.41) is 8.49. The Bertz CT molecular complexity index is 815. The van der Waals surface area contributed by atoms with Gasteiger partial charge in [-0.3, -0.25) is 14.9 Å². The predicted molar refractivity (Wildman–Crippen MR) is 92.0 cm³/mol. The molecule has 1 atom stereocenters. The van der Waals surface area contributed by atoms with Crippen LogP contribution in [0, 0.1) is 0 Å². The quantitative estimate of drug-likeness (QED) is 0.794. The molecule has 4 amide bonds. The molecule has 1 fully saturated rings. The zero-order chi connectivity index (χ0) is 17.3. The SMILES string of the molecule is CC(C)c1nc2ccc(NC(=O)C3CCC(=O)NC(=O)N3)cc2s1. The molecular formula is C16H18N4O3S. The van der Waals surface area contributed by atoms with Crippen molar-refractivity contribution in [2.24, 2.45) is 0 Å². The number of hydrogen-bond donors (Lipinski definition) is 3. The Morgan fingerprint density at radius 3 is 2.92 bits per heavy atom. The normalized spacial score (nSPS) is 18.2. The molecule has 0 spiro atoms. The number of fused-ring (bicyclic) bond motifs is 1. The number of amides is 4. The van der Waals surface area contributed by atoms with Crippen LogP contribution < -0.4 is 16.0 Å². The van der Waals surface area contributed by atoms with Crippen LogP contribution in [0.1, 0.15) is 37.6 Å². The van der Waals surface area contributed by atoms with E-state index in [2.05, 4.69) is 34.8 Å². The van der Waals surface area contributed by atoms with Crippen LogP contribution in [0.2, 0.25) is 0 Å². The van der Waals surface area contributed by atoms with E-state index < -0.39 is 12.1 Å². The van der Waals surface area contributed by atoms with Crippen molar-refractivity contribution in [2.75, 3.05) is 5.32 Å². The van der Waals surface area contributed by atoms with Gasteiger partial charge in [0.15, 0.2) is 0 Å². The number of nitrogens with one attached hydrogen (secondary N) is 3. The highest BCUT2D eigenvalue weighted by Gasteiger charge is 2.26. The molecule has 1 saturated heterocycles.